The van der Waals surface area contributed by atoms with Crippen LogP contribution in [-0.2, 0) is 4.79 Å². The molecule has 102 valence electrons. The van der Waals surface area contributed by atoms with E-state index < -0.39 is 11.9 Å². The molecule has 2 aromatic rings. The molecule has 1 aliphatic rings. The van der Waals surface area contributed by atoms with Gasteiger partial charge in [-0.05, 0) is 30.3 Å². The number of ether oxygens (including phenoxy) is 2. The second kappa shape index (κ2) is 5.21. The van der Waals surface area contributed by atoms with Crippen LogP contribution in [0.25, 0.3) is 0 Å². The Balaban J connectivity index is 1.70. The van der Waals surface area contributed by atoms with Crippen molar-refractivity contribution in [3.05, 3.63) is 54.3 Å². The smallest absolute Gasteiger partial charge is 0.269 e. The van der Waals surface area contributed by atoms with E-state index in [-0.39, 0.29) is 12.5 Å². The fraction of sp³-hybridized carbons (Fsp3) is 0.133. The molecule has 1 N–H and O–H groups in total. The van der Waals surface area contributed by atoms with Crippen molar-refractivity contribution in [2.45, 2.75) is 6.10 Å². The molecule has 0 aliphatic carbocycles. The summed E-state index contributed by atoms with van der Waals surface area (Å²) in [6, 6.07) is 12.8. The number of anilines is 1. The molecule has 0 radical (unpaired) electrons. The van der Waals surface area contributed by atoms with Crippen LogP contribution in [0.2, 0.25) is 0 Å². The first kappa shape index (κ1) is 12.5. The Labute approximate surface area is 115 Å². The maximum Gasteiger partial charge on any atom is 0.269 e. The van der Waals surface area contributed by atoms with Crippen LogP contribution in [0.15, 0.2) is 48.5 Å². The first-order chi connectivity index (χ1) is 9.72. The molecule has 3 rings (SSSR count). The largest absolute Gasteiger partial charge is 0.485 e. The molecule has 0 spiro atoms. The highest BCUT2D eigenvalue weighted by Gasteiger charge is 2.27. The highest BCUT2D eigenvalue weighted by atomic mass is 19.1. The third-order valence-electron chi connectivity index (χ3n) is 2.89. The molecule has 4 nitrogen and oxygen atoms in total. The summed E-state index contributed by atoms with van der Waals surface area (Å²) in [6.07, 6.45) is -0.756. The van der Waals surface area contributed by atoms with Gasteiger partial charge in [-0.3, -0.25) is 4.79 Å². The molecule has 0 bridgehead atoms. The first-order valence-electron chi connectivity index (χ1n) is 6.17. The van der Waals surface area contributed by atoms with Crippen LogP contribution in [0, 0.1) is 5.82 Å². The molecule has 2 aromatic carbocycles. The van der Waals surface area contributed by atoms with E-state index in [1.165, 1.54) is 18.2 Å². The zero-order chi connectivity index (χ0) is 13.9. The van der Waals surface area contributed by atoms with E-state index in [2.05, 4.69) is 5.32 Å². The Hall–Kier alpha value is -2.56. The van der Waals surface area contributed by atoms with Gasteiger partial charge in [-0.25, -0.2) is 4.39 Å². The number of carbonyl (C=O) groups is 1. The summed E-state index contributed by atoms with van der Waals surface area (Å²) in [5.41, 5.74) is 0.387. The molecule has 20 heavy (non-hydrogen) atoms. The number of amides is 1. The Morgan fingerprint density at radius 1 is 1.15 bits per heavy atom. The second-order valence-electron chi connectivity index (χ2n) is 4.36. The topological polar surface area (TPSA) is 47.6 Å². The van der Waals surface area contributed by atoms with Crippen molar-refractivity contribution in [3.8, 4) is 11.5 Å². The van der Waals surface area contributed by atoms with Crippen molar-refractivity contribution in [1.82, 2.24) is 0 Å². The molecular weight excluding hydrogens is 261 g/mol. The van der Waals surface area contributed by atoms with Gasteiger partial charge in [0.15, 0.2) is 11.5 Å². The third-order valence-corrected chi connectivity index (χ3v) is 2.89. The van der Waals surface area contributed by atoms with Gasteiger partial charge in [-0.2, -0.15) is 0 Å². The Bertz CT molecular complexity index is 645. The highest BCUT2D eigenvalue weighted by molar-refractivity contribution is 5.94. The van der Waals surface area contributed by atoms with Gasteiger partial charge in [0.25, 0.3) is 5.91 Å². The molecule has 0 aromatic heterocycles. The molecule has 1 amide bonds. The van der Waals surface area contributed by atoms with Crippen LogP contribution >= 0.6 is 0 Å². The highest BCUT2D eigenvalue weighted by Crippen LogP contribution is 2.31. The molecule has 0 fully saturated rings. The van der Waals surface area contributed by atoms with Gasteiger partial charge < -0.3 is 14.8 Å². The van der Waals surface area contributed by atoms with E-state index >= 15 is 0 Å². The van der Waals surface area contributed by atoms with Crippen molar-refractivity contribution in [1.29, 1.82) is 0 Å². The number of carbonyl (C=O) groups excluding carboxylic acids is 1. The van der Waals surface area contributed by atoms with Gasteiger partial charge in [0.2, 0.25) is 6.10 Å². The maximum atomic E-state index is 13.0. The lowest BCUT2D eigenvalue weighted by Gasteiger charge is -2.25. The van der Waals surface area contributed by atoms with Gasteiger partial charge >= 0.3 is 0 Å². The van der Waals surface area contributed by atoms with Crippen molar-refractivity contribution >= 4 is 11.6 Å². The zero-order valence-corrected chi connectivity index (χ0v) is 10.5. The van der Waals surface area contributed by atoms with Crippen LogP contribution in [0.5, 0.6) is 11.5 Å². The molecule has 1 heterocycles. The molecule has 0 saturated carbocycles. The zero-order valence-electron chi connectivity index (χ0n) is 10.5. The summed E-state index contributed by atoms with van der Waals surface area (Å²) in [5.74, 6) is 0.361. The number of nitrogens with one attached hydrogen (secondary N) is 1. The van der Waals surface area contributed by atoms with E-state index in [0.29, 0.717) is 17.2 Å². The van der Waals surface area contributed by atoms with Gasteiger partial charge in [-0.1, -0.05) is 18.2 Å². The summed E-state index contributed by atoms with van der Waals surface area (Å²) < 4.78 is 24.1. The molecule has 0 saturated heterocycles. The lowest BCUT2D eigenvalue weighted by atomic mass is 10.2. The van der Waals surface area contributed by atoms with E-state index in [1.54, 1.807) is 24.3 Å². The molecule has 5 heteroatoms. The van der Waals surface area contributed by atoms with Crippen molar-refractivity contribution in [2.24, 2.45) is 0 Å². The number of benzene rings is 2. The molecule has 0 unspecified atom stereocenters. The van der Waals surface area contributed by atoms with Crippen LogP contribution in [-0.4, -0.2) is 18.6 Å². The monoisotopic (exact) mass is 273 g/mol. The fourth-order valence-corrected chi connectivity index (χ4v) is 1.94. The van der Waals surface area contributed by atoms with Crippen molar-refractivity contribution in [2.75, 3.05) is 11.9 Å². The Morgan fingerprint density at radius 3 is 2.75 bits per heavy atom. The number of hydrogen-bond donors (Lipinski definition) is 1. The third kappa shape index (κ3) is 2.56. The van der Waals surface area contributed by atoms with E-state index in [1.807, 2.05) is 6.07 Å². The van der Waals surface area contributed by atoms with Crippen molar-refractivity contribution in [3.63, 3.8) is 0 Å². The predicted octanol–water partition coefficient (Wildman–Crippen LogP) is 2.60. The maximum absolute atomic E-state index is 13.0. The number of fused-ring (bicyclic) bond motifs is 1. The minimum absolute atomic E-state index is 0.123. The average Bonchev–Trinajstić information content (AvgIpc) is 2.47. The normalized spacial score (nSPS) is 16.6. The van der Waals surface area contributed by atoms with Crippen molar-refractivity contribution < 1.29 is 18.7 Å². The molecule has 1 aliphatic heterocycles. The first-order valence-corrected chi connectivity index (χ1v) is 6.17. The lowest BCUT2D eigenvalue weighted by molar-refractivity contribution is -0.125. The minimum Gasteiger partial charge on any atom is -0.485 e. The van der Waals surface area contributed by atoms with E-state index in [9.17, 15) is 9.18 Å². The summed E-state index contributed by atoms with van der Waals surface area (Å²) in [5, 5.41) is 2.60. The summed E-state index contributed by atoms with van der Waals surface area (Å²) in [4.78, 5) is 12.1. The summed E-state index contributed by atoms with van der Waals surface area (Å²) in [7, 11) is 0. The summed E-state index contributed by atoms with van der Waals surface area (Å²) in [6.45, 7) is 0.123. The van der Waals surface area contributed by atoms with Crippen LogP contribution in [0.4, 0.5) is 10.1 Å². The fourth-order valence-electron chi connectivity index (χ4n) is 1.94. The van der Waals surface area contributed by atoms with Gasteiger partial charge in [0, 0.05) is 5.69 Å². The van der Waals surface area contributed by atoms with E-state index in [4.69, 9.17) is 9.47 Å². The van der Waals surface area contributed by atoms with Crippen LogP contribution in [0.3, 0.4) is 0 Å². The quantitative estimate of drug-likeness (QED) is 0.915. The Morgan fingerprint density at radius 2 is 1.95 bits per heavy atom. The number of rotatable bonds is 2. The average molecular weight is 273 g/mol. The molecule has 1 atom stereocenters. The van der Waals surface area contributed by atoms with E-state index in [0.717, 1.165) is 0 Å². The van der Waals surface area contributed by atoms with Gasteiger partial charge in [0.05, 0.1) is 0 Å². The lowest BCUT2D eigenvalue weighted by Crippen LogP contribution is -2.40. The minimum atomic E-state index is -0.756. The number of halogens is 1. The molecular formula is C15H12FNO3. The second-order valence-corrected chi connectivity index (χ2v) is 4.36. The van der Waals surface area contributed by atoms with Gasteiger partial charge in [0.1, 0.15) is 12.4 Å². The Kier molecular flexibility index (Phi) is 3.25. The predicted molar refractivity (Wildman–Crippen MR) is 71.4 cm³/mol. The SMILES string of the molecule is O=C(Nc1cccc(F)c1)[C@H]1COc2ccccc2O1. The standard InChI is InChI=1S/C15H12FNO3/c16-10-4-3-5-11(8-10)17-15(18)14-9-19-12-6-1-2-7-13(12)20-14/h1-8,14H,9H2,(H,17,18)/t14-/m1/s1. The number of para-hydroxylation sites is 2. The van der Waals surface area contributed by atoms with Gasteiger partial charge in [-0.15, -0.1) is 0 Å². The van der Waals surface area contributed by atoms with Crippen LogP contribution in [0.1, 0.15) is 0 Å². The van der Waals surface area contributed by atoms with Crippen LogP contribution < -0.4 is 14.8 Å². The summed E-state index contributed by atoms with van der Waals surface area (Å²) >= 11 is 0. The number of hydrogen-bond acceptors (Lipinski definition) is 3.